The molecule has 224 valence electrons. The summed E-state index contributed by atoms with van der Waals surface area (Å²) in [5.74, 6) is 1.71. The highest BCUT2D eigenvalue weighted by Crippen LogP contribution is 2.44. The number of halogens is 4. The fraction of sp³-hybridized carbons (Fsp3) is 0.438. The van der Waals surface area contributed by atoms with Gasteiger partial charge in [-0.1, -0.05) is 92.9 Å². The van der Waals surface area contributed by atoms with Gasteiger partial charge in [0.1, 0.15) is 11.5 Å². The van der Waals surface area contributed by atoms with E-state index in [0.717, 1.165) is 35.8 Å². The molecule has 0 radical (unpaired) electrons. The second-order valence-corrected chi connectivity index (χ2v) is 26.8. The molecule has 9 heteroatoms. The number of hydrogen-bond acceptors (Lipinski definition) is 2. The lowest BCUT2D eigenvalue weighted by atomic mass is 9.78. The molecule has 0 atom stereocenters. The molecule has 2 nitrogen and oxygen atoms in total. The van der Waals surface area contributed by atoms with Crippen molar-refractivity contribution >= 4 is 105 Å². The van der Waals surface area contributed by atoms with Crippen LogP contribution in [-0.4, -0.2) is 38.9 Å². The van der Waals surface area contributed by atoms with Gasteiger partial charge in [-0.05, 0) is 112 Å². The monoisotopic (exact) mass is 860 g/mol. The molecule has 0 saturated carbocycles. The van der Waals surface area contributed by atoms with Crippen LogP contribution in [0.4, 0.5) is 0 Å². The third-order valence-corrected chi connectivity index (χ3v) is 17.2. The molecule has 3 rings (SSSR count). The minimum absolute atomic E-state index is 0.236. The lowest BCUT2D eigenvalue weighted by Gasteiger charge is -2.28. The van der Waals surface area contributed by atoms with E-state index in [0.29, 0.717) is 13.2 Å². The van der Waals surface area contributed by atoms with Crippen molar-refractivity contribution in [2.75, 3.05) is 13.2 Å². The van der Waals surface area contributed by atoms with E-state index in [9.17, 15) is 0 Å². The first-order valence-corrected chi connectivity index (χ1v) is 26.6. The Hall–Kier alpha value is -0.169. The maximum absolute atomic E-state index is 6.39. The molecule has 0 spiro atoms. The van der Waals surface area contributed by atoms with Crippen LogP contribution in [0.3, 0.4) is 0 Å². The number of benzene rings is 3. The molecule has 3 aromatic rings. The molecular formula is C32H44Br4O2Si3. The molecule has 0 aliphatic heterocycles. The van der Waals surface area contributed by atoms with Crippen LogP contribution in [0.25, 0.3) is 0 Å². The summed E-state index contributed by atoms with van der Waals surface area (Å²) in [6.45, 7) is 22.7. The second-order valence-electron chi connectivity index (χ2n) is 12.6. The van der Waals surface area contributed by atoms with Gasteiger partial charge >= 0.3 is 0 Å². The van der Waals surface area contributed by atoms with Crippen molar-refractivity contribution in [2.24, 2.45) is 0 Å². The second kappa shape index (κ2) is 14.7. The van der Waals surface area contributed by atoms with Gasteiger partial charge in [0.05, 0.1) is 56.8 Å². The quantitative estimate of drug-likeness (QED) is 0.134. The highest BCUT2D eigenvalue weighted by molar-refractivity contribution is 9.11. The van der Waals surface area contributed by atoms with Crippen LogP contribution in [0.5, 0.6) is 11.5 Å². The molecule has 0 unspecified atom stereocenters. The van der Waals surface area contributed by atoms with Crippen LogP contribution in [0.15, 0.2) is 60.4 Å². The SMILES string of the molecule is CCOc1c(Br)cc(C(C)(C)c2cc(Br)c(OCCC[Si](C)(C)c3cc([SiH](C)C)cc([SiH](C)C)c3)c(Br)c2)cc1Br. The van der Waals surface area contributed by atoms with Crippen molar-refractivity contribution in [3.63, 3.8) is 0 Å². The van der Waals surface area contributed by atoms with Crippen LogP contribution in [0.2, 0.25) is 45.3 Å². The Morgan fingerprint density at radius 1 is 0.683 bits per heavy atom. The van der Waals surface area contributed by atoms with Crippen LogP contribution >= 0.6 is 63.7 Å². The first-order valence-electron chi connectivity index (χ1n) is 14.5. The zero-order chi connectivity index (χ0) is 30.7. The summed E-state index contributed by atoms with van der Waals surface area (Å²) < 4.78 is 16.0. The molecule has 0 aromatic heterocycles. The van der Waals surface area contributed by atoms with Crippen LogP contribution in [-0.2, 0) is 5.41 Å². The minimum atomic E-state index is -1.57. The van der Waals surface area contributed by atoms with Gasteiger partial charge in [-0.15, -0.1) is 0 Å². The summed E-state index contributed by atoms with van der Waals surface area (Å²) in [6, 6.07) is 17.5. The van der Waals surface area contributed by atoms with E-state index >= 15 is 0 Å². The highest BCUT2D eigenvalue weighted by Gasteiger charge is 2.28. The zero-order valence-corrected chi connectivity index (χ0v) is 35.5. The van der Waals surface area contributed by atoms with E-state index < -0.39 is 25.7 Å². The number of ether oxygens (including phenoxy) is 2. The molecule has 0 heterocycles. The van der Waals surface area contributed by atoms with E-state index in [-0.39, 0.29) is 5.41 Å². The lowest BCUT2D eigenvalue weighted by Crippen LogP contribution is -2.47. The van der Waals surface area contributed by atoms with Crippen molar-refractivity contribution < 1.29 is 9.47 Å². The Morgan fingerprint density at radius 2 is 1.10 bits per heavy atom. The van der Waals surface area contributed by atoms with E-state index in [1.165, 1.54) is 17.2 Å². The van der Waals surface area contributed by atoms with Crippen LogP contribution in [0.1, 0.15) is 38.3 Å². The molecule has 0 saturated heterocycles. The Bertz CT molecular complexity index is 1300. The average Bonchev–Trinajstić information content (AvgIpc) is 2.89. The minimum Gasteiger partial charge on any atom is -0.492 e. The van der Waals surface area contributed by atoms with Crippen molar-refractivity contribution in [1.29, 1.82) is 0 Å². The van der Waals surface area contributed by atoms with Gasteiger partial charge in [-0.3, -0.25) is 0 Å². The van der Waals surface area contributed by atoms with E-state index in [2.05, 4.69) is 159 Å². The molecular weight excluding hydrogens is 820 g/mol. The Labute approximate surface area is 286 Å². The predicted molar refractivity (Wildman–Crippen MR) is 202 cm³/mol. The summed E-state index contributed by atoms with van der Waals surface area (Å²) in [4.78, 5) is 0. The summed E-state index contributed by atoms with van der Waals surface area (Å²) in [7, 11) is -3.23. The Balaban J connectivity index is 1.74. The van der Waals surface area contributed by atoms with Gasteiger partial charge < -0.3 is 9.47 Å². The third-order valence-electron chi connectivity index (χ3n) is 8.01. The van der Waals surface area contributed by atoms with Crippen molar-refractivity contribution in [3.8, 4) is 11.5 Å². The maximum Gasteiger partial charge on any atom is 0.147 e. The van der Waals surface area contributed by atoms with Gasteiger partial charge in [0.2, 0.25) is 0 Å². The molecule has 0 bridgehead atoms. The van der Waals surface area contributed by atoms with Crippen LogP contribution < -0.4 is 25.0 Å². The molecule has 3 aromatic carbocycles. The Kier molecular flexibility index (Phi) is 12.7. The number of hydrogen-bond donors (Lipinski definition) is 0. The van der Waals surface area contributed by atoms with Gasteiger partial charge in [-0.2, -0.15) is 0 Å². The summed E-state index contributed by atoms with van der Waals surface area (Å²) in [6.07, 6.45) is 1.05. The first kappa shape index (κ1) is 35.3. The molecule has 0 N–H and O–H groups in total. The topological polar surface area (TPSA) is 18.5 Å². The first-order chi connectivity index (χ1) is 19.1. The van der Waals surface area contributed by atoms with Crippen LogP contribution in [0, 0.1) is 0 Å². The van der Waals surface area contributed by atoms with Crippen molar-refractivity contribution in [1.82, 2.24) is 0 Å². The molecule has 0 aliphatic rings. The smallest absolute Gasteiger partial charge is 0.147 e. The maximum atomic E-state index is 6.39. The fourth-order valence-electron chi connectivity index (χ4n) is 4.99. The van der Waals surface area contributed by atoms with E-state index in [1.807, 2.05) is 6.92 Å². The van der Waals surface area contributed by atoms with Gasteiger partial charge in [0, 0.05) is 5.41 Å². The van der Waals surface area contributed by atoms with E-state index in [4.69, 9.17) is 9.47 Å². The summed E-state index contributed by atoms with van der Waals surface area (Å²) >= 11 is 15.0. The number of rotatable bonds is 12. The predicted octanol–water partition coefficient (Wildman–Crippen LogP) is 9.23. The summed E-state index contributed by atoms with van der Waals surface area (Å²) in [5.41, 5.74) is 2.14. The zero-order valence-electron chi connectivity index (χ0n) is 25.9. The van der Waals surface area contributed by atoms with Gasteiger partial charge in [0.25, 0.3) is 0 Å². The normalized spacial score (nSPS) is 12.4. The Morgan fingerprint density at radius 3 is 1.49 bits per heavy atom. The lowest BCUT2D eigenvalue weighted by molar-refractivity contribution is 0.312. The third kappa shape index (κ3) is 8.72. The molecule has 0 fully saturated rings. The van der Waals surface area contributed by atoms with Crippen molar-refractivity contribution in [2.45, 2.75) is 77.9 Å². The standard InChI is InChI=1S/C32H44Br4O2Si3/c1-10-37-30-26(33)14-21(15-27(30)34)32(2,3)22-16-28(35)31(29(36)17-22)38-12-11-13-41(8,9)25-19-23(39(4)5)18-24(20-25)40(6)7/h14-20,39-40H,10-13H2,1-9H3. The molecule has 41 heavy (non-hydrogen) atoms. The van der Waals surface area contributed by atoms with Crippen molar-refractivity contribution in [3.05, 3.63) is 71.5 Å². The van der Waals surface area contributed by atoms with Gasteiger partial charge in [0.15, 0.2) is 0 Å². The van der Waals surface area contributed by atoms with Gasteiger partial charge in [-0.25, -0.2) is 0 Å². The molecule has 0 amide bonds. The van der Waals surface area contributed by atoms with E-state index in [1.54, 1.807) is 15.6 Å². The molecule has 0 aliphatic carbocycles. The largest absolute Gasteiger partial charge is 0.492 e. The highest BCUT2D eigenvalue weighted by atomic mass is 79.9. The summed E-state index contributed by atoms with van der Waals surface area (Å²) in [5, 5.41) is 4.90. The fourth-order valence-corrected chi connectivity index (χ4v) is 12.9. The average molecular weight is 865 g/mol.